The highest BCUT2D eigenvalue weighted by atomic mass is 79.9. The van der Waals surface area contributed by atoms with Gasteiger partial charge in [0, 0.05) is 16.6 Å². The molecule has 2 atom stereocenters. The molecule has 5 heteroatoms. The van der Waals surface area contributed by atoms with E-state index in [1.54, 1.807) is 0 Å². The fourth-order valence-corrected chi connectivity index (χ4v) is 5.45. The van der Waals surface area contributed by atoms with Crippen LogP contribution in [0.5, 0.6) is 0 Å². The molecule has 0 radical (unpaired) electrons. The highest BCUT2D eigenvalue weighted by Crippen LogP contribution is 2.36. The van der Waals surface area contributed by atoms with Crippen LogP contribution >= 0.6 is 15.9 Å². The molecule has 1 aromatic rings. The fraction of sp³-hybridized carbons (Fsp3) is 0.571. The number of halogens is 1. The summed E-state index contributed by atoms with van der Waals surface area (Å²) >= 11 is 3.59. The van der Waals surface area contributed by atoms with E-state index in [0.29, 0.717) is 17.5 Å². The van der Waals surface area contributed by atoms with E-state index in [1.807, 2.05) is 0 Å². The molecule has 0 aromatic heterocycles. The third-order valence-electron chi connectivity index (χ3n) is 4.11. The topological polar surface area (TPSA) is 46.2 Å². The van der Waals surface area contributed by atoms with Gasteiger partial charge < -0.3 is 5.32 Å². The lowest BCUT2D eigenvalue weighted by Crippen LogP contribution is -2.41. The Hall–Kier alpha value is -0.390. The summed E-state index contributed by atoms with van der Waals surface area (Å²) in [7, 11) is -2.83. The molecule has 1 aromatic carbocycles. The van der Waals surface area contributed by atoms with Crippen molar-refractivity contribution in [2.24, 2.45) is 0 Å². The third-order valence-corrected chi connectivity index (χ3v) is 6.68. The van der Waals surface area contributed by atoms with Gasteiger partial charge in [-0.25, -0.2) is 8.42 Å². The van der Waals surface area contributed by atoms with Crippen molar-refractivity contribution in [3.05, 3.63) is 33.8 Å². The molecule has 3 nitrogen and oxygen atoms in total. The SMILES string of the molecule is O=S1(=O)CCCC(NC2CCc3c(Br)cccc32)C1. The first-order valence-corrected chi connectivity index (χ1v) is 9.40. The van der Waals surface area contributed by atoms with Crippen molar-refractivity contribution >= 4 is 25.8 Å². The van der Waals surface area contributed by atoms with E-state index < -0.39 is 9.84 Å². The number of sulfone groups is 1. The highest BCUT2D eigenvalue weighted by Gasteiger charge is 2.30. The Morgan fingerprint density at radius 1 is 1.26 bits per heavy atom. The summed E-state index contributed by atoms with van der Waals surface area (Å²) in [5, 5.41) is 3.56. The number of fused-ring (bicyclic) bond motifs is 1. The first kappa shape index (κ1) is 13.6. The van der Waals surface area contributed by atoms with Crippen LogP contribution in [0.15, 0.2) is 22.7 Å². The largest absolute Gasteiger partial charge is 0.306 e. The molecule has 104 valence electrons. The molecule has 1 aliphatic carbocycles. The predicted octanol–water partition coefficient (Wildman–Crippen LogP) is 2.60. The molecule has 0 spiro atoms. The third kappa shape index (κ3) is 2.88. The summed E-state index contributed by atoms with van der Waals surface area (Å²) in [4.78, 5) is 0. The monoisotopic (exact) mass is 343 g/mol. The second-order valence-corrected chi connectivity index (χ2v) is 8.60. The van der Waals surface area contributed by atoms with Crippen molar-refractivity contribution < 1.29 is 8.42 Å². The average molecular weight is 344 g/mol. The van der Waals surface area contributed by atoms with Crippen molar-refractivity contribution in [3.63, 3.8) is 0 Å². The summed E-state index contributed by atoms with van der Waals surface area (Å²) in [5.41, 5.74) is 2.70. The van der Waals surface area contributed by atoms with Crippen LogP contribution in [0.2, 0.25) is 0 Å². The Labute approximate surface area is 122 Å². The van der Waals surface area contributed by atoms with Crippen molar-refractivity contribution in [1.82, 2.24) is 5.32 Å². The zero-order valence-corrected chi connectivity index (χ0v) is 13.1. The lowest BCUT2D eigenvalue weighted by Gasteiger charge is -2.27. The minimum Gasteiger partial charge on any atom is -0.306 e. The van der Waals surface area contributed by atoms with Crippen LogP contribution in [0.4, 0.5) is 0 Å². The molecule has 19 heavy (non-hydrogen) atoms. The van der Waals surface area contributed by atoms with Crippen LogP contribution in [0.1, 0.15) is 36.4 Å². The number of benzene rings is 1. The van der Waals surface area contributed by atoms with Crippen molar-refractivity contribution in [2.45, 2.75) is 37.8 Å². The first-order chi connectivity index (χ1) is 9.05. The molecule has 3 rings (SSSR count). The van der Waals surface area contributed by atoms with E-state index in [0.717, 1.165) is 25.7 Å². The number of hydrogen-bond acceptors (Lipinski definition) is 3. The van der Waals surface area contributed by atoms with Crippen molar-refractivity contribution in [3.8, 4) is 0 Å². The van der Waals surface area contributed by atoms with E-state index in [4.69, 9.17) is 0 Å². The number of hydrogen-bond donors (Lipinski definition) is 1. The first-order valence-electron chi connectivity index (χ1n) is 6.79. The standard InChI is InChI=1S/C14H18BrNO2S/c15-13-5-1-4-12-11(13)6-7-14(12)16-10-3-2-8-19(17,18)9-10/h1,4-5,10,14,16H,2-3,6-9H2. The van der Waals surface area contributed by atoms with Gasteiger partial charge in [-0.1, -0.05) is 28.1 Å². The molecule has 1 heterocycles. The fourth-order valence-electron chi connectivity index (χ4n) is 3.22. The van der Waals surface area contributed by atoms with Gasteiger partial charge in [0.25, 0.3) is 0 Å². The van der Waals surface area contributed by atoms with Crippen LogP contribution in [-0.4, -0.2) is 26.0 Å². The van der Waals surface area contributed by atoms with Gasteiger partial charge in [0.15, 0.2) is 9.84 Å². The highest BCUT2D eigenvalue weighted by molar-refractivity contribution is 9.10. The van der Waals surface area contributed by atoms with Gasteiger partial charge in [-0.3, -0.25) is 0 Å². The lowest BCUT2D eigenvalue weighted by atomic mass is 10.1. The van der Waals surface area contributed by atoms with Gasteiger partial charge in [0.1, 0.15) is 0 Å². The second kappa shape index (κ2) is 5.19. The van der Waals surface area contributed by atoms with Crippen LogP contribution in [0.3, 0.4) is 0 Å². The second-order valence-electron chi connectivity index (χ2n) is 5.52. The minimum atomic E-state index is -2.83. The summed E-state index contributed by atoms with van der Waals surface area (Å²) in [6, 6.07) is 6.72. The zero-order valence-electron chi connectivity index (χ0n) is 10.7. The molecule has 1 N–H and O–H groups in total. The maximum atomic E-state index is 11.7. The Kier molecular flexibility index (Phi) is 3.71. The Balaban J connectivity index is 1.75. The van der Waals surface area contributed by atoms with Gasteiger partial charge >= 0.3 is 0 Å². The Morgan fingerprint density at radius 2 is 2.11 bits per heavy atom. The van der Waals surface area contributed by atoms with Gasteiger partial charge in [-0.15, -0.1) is 0 Å². The number of rotatable bonds is 2. The smallest absolute Gasteiger partial charge is 0.151 e. The van der Waals surface area contributed by atoms with Gasteiger partial charge in [-0.2, -0.15) is 0 Å². The van der Waals surface area contributed by atoms with Gasteiger partial charge in [0.05, 0.1) is 11.5 Å². The number of nitrogens with one attached hydrogen (secondary N) is 1. The van der Waals surface area contributed by atoms with E-state index in [9.17, 15) is 8.42 Å². The summed E-state index contributed by atoms with van der Waals surface area (Å²) in [6.45, 7) is 0. The molecule has 1 aliphatic heterocycles. The van der Waals surface area contributed by atoms with Crippen molar-refractivity contribution in [1.29, 1.82) is 0 Å². The molecular formula is C14H18BrNO2S. The zero-order chi connectivity index (χ0) is 13.5. The maximum absolute atomic E-state index is 11.7. The van der Waals surface area contributed by atoms with Crippen LogP contribution < -0.4 is 5.32 Å². The molecule has 1 saturated heterocycles. The molecule has 1 fully saturated rings. The maximum Gasteiger partial charge on any atom is 0.151 e. The Morgan fingerprint density at radius 3 is 2.89 bits per heavy atom. The molecular weight excluding hydrogens is 326 g/mol. The van der Waals surface area contributed by atoms with E-state index >= 15 is 0 Å². The van der Waals surface area contributed by atoms with Gasteiger partial charge in [-0.05, 0) is 42.9 Å². The normalized spacial score (nSPS) is 29.1. The molecule has 2 unspecified atom stereocenters. The van der Waals surface area contributed by atoms with Crippen LogP contribution in [0, 0.1) is 0 Å². The molecule has 0 bridgehead atoms. The molecule has 2 aliphatic rings. The summed E-state index contributed by atoms with van der Waals surface area (Å²) in [5.74, 6) is 0.658. The minimum absolute atomic E-state index is 0.119. The van der Waals surface area contributed by atoms with Gasteiger partial charge in [0.2, 0.25) is 0 Å². The molecule has 0 amide bonds. The lowest BCUT2D eigenvalue weighted by molar-refractivity contribution is 0.419. The van der Waals surface area contributed by atoms with Crippen LogP contribution in [0.25, 0.3) is 0 Å². The Bertz CT molecular complexity index is 585. The predicted molar refractivity (Wildman–Crippen MR) is 80.0 cm³/mol. The average Bonchev–Trinajstić information content (AvgIpc) is 2.73. The summed E-state index contributed by atoms with van der Waals surface area (Å²) < 4.78 is 24.5. The van der Waals surface area contributed by atoms with E-state index in [-0.39, 0.29) is 6.04 Å². The van der Waals surface area contributed by atoms with Crippen LogP contribution in [-0.2, 0) is 16.3 Å². The molecule has 0 saturated carbocycles. The summed E-state index contributed by atoms with van der Waals surface area (Å²) in [6.07, 6.45) is 3.89. The van der Waals surface area contributed by atoms with E-state index in [2.05, 4.69) is 39.4 Å². The van der Waals surface area contributed by atoms with E-state index in [1.165, 1.54) is 15.6 Å². The quantitative estimate of drug-likeness (QED) is 0.897. The van der Waals surface area contributed by atoms with Crippen molar-refractivity contribution in [2.75, 3.05) is 11.5 Å².